The third kappa shape index (κ3) is 3.78. The minimum atomic E-state index is 1.06. The first-order valence-electron chi connectivity index (χ1n) is 7.76. The van der Waals surface area contributed by atoms with Crippen molar-refractivity contribution in [2.24, 2.45) is 0 Å². The summed E-state index contributed by atoms with van der Waals surface area (Å²) in [6.07, 6.45) is 0. The van der Waals surface area contributed by atoms with Crippen LogP contribution in [0.1, 0.15) is 0 Å². The molecule has 4 rings (SSSR count). The molecule has 0 fully saturated rings. The van der Waals surface area contributed by atoms with Gasteiger partial charge in [-0.2, -0.15) is 0 Å². The number of para-hydroxylation sites is 1. The highest BCUT2D eigenvalue weighted by Crippen LogP contribution is 2.40. The Hall–Kier alpha value is -1.69. The van der Waals surface area contributed by atoms with Crippen molar-refractivity contribution in [2.45, 2.75) is 9.92 Å². The van der Waals surface area contributed by atoms with Gasteiger partial charge in [0.1, 0.15) is 5.03 Å². The monoisotopic (exact) mass is 472 g/mol. The van der Waals surface area contributed by atoms with Crippen LogP contribution in [0, 0.1) is 0 Å². The molecule has 1 heterocycles. The van der Waals surface area contributed by atoms with Crippen molar-refractivity contribution in [1.29, 1.82) is 0 Å². The molecule has 3 aromatic carbocycles. The van der Waals surface area contributed by atoms with Crippen LogP contribution in [0.25, 0.3) is 10.9 Å². The van der Waals surface area contributed by atoms with E-state index in [1.807, 2.05) is 12.1 Å². The maximum absolute atomic E-state index is 3.57. The molecular formula is C20H14Br2N2S. The number of hydrogen-bond acceptors (Lipinski definition) is 2. The summed E-state index contributed by atoms with van der Waals surface area (Å²) in [7, 11) is 0. The van der Waals surface area contributed by atoms with E-state index in [1.165, 1.54) is 10.3 Å². The molecule has 0 saturated heterocycles. The average Bonchev–Trinajstić information content (AvgIpc) is 2.96. The Labute approximate surface area is 167 Å². The molecule has 0 unspecified atom stereocenters. The molecule has 0 aliphatic carbocycles. The maximum Gasteiger partial charge on any atom is 0.102 e. The lowest BCUT2D eigenvalue weighted by Gasteiger charge is -2.09. The van der Waals surface area contributed by atoms with Crippen molar-refractivity contribution in [3.05, 3.63) is 81.7 Å². The highest BCUT2D eigenvalue weighted by atomic mass is 79.9. The zero-order valence-corrected chi connectivity index (χ0v) is 17.1. The van der Waals surface area contributed by atoms with Gasteiger partial charge in [0.15, 0.2) is 0 Å². The topological polar surface area (TPSA) is 27.8 Å². The van der Waals surface area contributed by atoms with Crippen LogP contribution >= 0.6 is 43.6 Å². The lowest BCUT2D eigenvalue weighted by molar-refractivity contribution is 1.23. The van der Waals surface area contributed by atoms with Crippen LogP contribution in [0.4, 0.5) is 11.4 Å². The van der Waals surface area contributed by atoms with E-state index < -0.39 is 0 Å². The second-order valence-electron chi connectivity index (χ2n) is 5.56. The van der Waals surface area contributed by atoms with Crippen molar-refractivity contribution >= 4 is 65.9 Å². The number of aromatic nitrogens is 1. The quantitative estimate of drug-likeness (QED) is 0.319. The summed E-state index contributed by atoms with van der Waals surface area (Å²) in [5, 5.41) is 5.86. The van der Waals surface area contributed by atoms with E-state index in [2.05, 4.69) is 103 Å². The maximum atomic E-state index is 3.57. The second-order valence-corrected chi connectivity index (χ2v) is 8.48. The number of aromatic amines is 1. The second kappa shape index (κ2) is 7.28. The molecule has 0 radical (unpaired) electrons. The lowest BCUT2D eigenvalue weighted by Crippen LogP contribution is -1.90. The molecule has 0 bridgehead atoms. The summed E-state index contributed by atoms with van der Waals surface area (Å²) in [5.41, 5.74) is 3.29. The Morgan fingerprint density at radius 1 is 0.760 bits per heavy atom. The van der Waals surface area contributed by atoms with Crippen molar-refractivity contribution in [3.8, 4) is 0 Å². The van der Waals surface area contributed by atoms with Gasteiger partial charge in [0.05, 0.1) is 5.69 Å². The van der Waals surface area contributed by atoms with E-state index in [0.717, 1.165) is 30.9 Å². The van der Waals surface area contributed by atoms with Gasteiger partial charge in [0, 0.05) is 30.4 Å². The summed E-state index contributed by atoms with van der Waals surface area (Å²) < 4.78 is 2.16. The summed E-state index contributed by atoms with van der Waals surface area (Å²) in [6.45, 7) is 0. The molecule has 5 heteroatoms. The van der Waals surface area contributed by atoms with Gasteiger partial charge in [-0.25, -0.2) is 0 Å². The zero-order chi connectivity index (χ0) is 17.2. The number of benzene rings is 3. The van der Waals surface area contributed by atoms with Gasteiger partial charge in [-0.1, -0.05) is 61.8 Å². The molecule has 0 saturated carbocycles. The first-order valence-corrected chi connectivity index (χ1v) is 10.2. The van der Waals surface area contributed by atoms with E-state index in [0.29, 0.717) is 0 Å². The molecule has 0 atom stereocenters. The molecular weight excluding hydrogens is 460 g/mol. The molecule has 0 aliphatic heterocycles. The fourth-order valence-corrected chi connectivity index (χ4v) is 4.08. The van der Waals surface area contributed by atoms with Crippen molar-refractivity contribution in [3.63, 3.8) is 0 Å². The van der Waals surface area contributed by atoms with Crippen LogP contribution in [0.3, 0.4) is 0 Å². The van der Waals surface area contributed by atoms with Gasteiger partial charge in [0.2, 0.25) is 0 Å². The molecule has 4 aromatic rings. The third-order valence-corrected chi connectivity index (χ3v) is 5.89. The molecule has 25 heavy (non-hydrogen) atoms. The normalized spacial score (nSPS) is 11.0. The van der Waals surface area contributed by atoms with Crippen LogP contribution in [-0.2, 0) is 0 Å². The lowest BCUT2D eigenvalue weighted by atomic mass is 10.2. The van der Waals surface area contributed by atoms with Crippen LogP contribution in [0.15, 0.2) is 91.7 Å². The molecule has 1 aromatic heterocycles. The van der Waals surface area contributed by atoms with Gasteiger partial charge >= 0.3 is 0 Å². The average molecular weight is 474 g/mol. The highest BCUT2D eigenvalue weighted by Gasteiger charge is 2.13. The fraction of sp³-hybridized carbons (Fsp3) is 0. The van der Waals surface area contributed by atoms with Crippen molar-refractivity contribution in [2.75, 3.05) is 5.32 Å². The number of hydrogen-bond donors (Lipinski definition) is 2. The van der Waals surface area contributed by atoms with Crippen molar-refractivity contribution < 1.29 is 0 Å². The molecule has 2 nitrogen and oxygen atoms in total. The molecule has 124 valence electrons. The molecule has 0 aliphatic rings. The highest BCUT2D eigenvalue weighted by molar-refractivity contribution is 9.10. The minimum Gasteiger partial charge on any atom is -0.353 e. The fourth-order valence-electron chi connectivity index (χ4n) is 2.62. The smallest absolute Gasteiger partial charge is 0.102 e. The number of anilines is 2. The van der Waals surface area contributed by atoms with E-state index in [1.54, 1.807) is 11.8 Å². The van der Waals surface area contributed by atoms with Gasteiger partial charge in [-0.05, 0) is 54.6 Å². The van der Waals surface area contributed by atoms with E-state index in [-0.39, 0.29) is 0 Å². The summed E-state index contributed by atoms with van der Waals surface area (Å²) in [6, 6.07) is 24.9. The Kier molecular flexibility index (Phi) is 4.88. The zero-order valence-electron chi connectivity index (χ0n) is 13.1. The predicted octanol–water partition coefficient (Wildman–Crippen LogP) is 7.59. The Bertz CT molecular complexity index is 1010. The van der Waals surface area contributed by atoms with Gasteiger partial charge < -0.3 is 10.3 Å². The van der Waals surface area contributed by atoms with Crippen LogP contribution in [0.5, 0.6) is 0 Å². The van der Waals surface area contributed by atoms with Crippen molar-refractivity contribution in [1.82, 2.24) is 4.98 Å². The van der Waals surface area contributed by atoms with Crippen LogP contribution in [0.2, 0.25) is 0 Å². The largest absolute Gasteiger partial charge is 0.353 e. The minimum absolute atomic E-state index is 1.06. The Morgan fingerprint density at radius 2 is 1.40 bits per heavy atom. The number of rotatable bonds is 4. The molecule has 0 spiro atoms. The van der Waals surface area contributed by atoms with Crippen LogP contribution in [-0.4, -0.2) is 4.98 Å². The number of H-pyrrole nitrogens is 1. The van der Waals surface area contributed by atoms with Crippen LogP contribution < -0.4 is 5.32 Å². The molecule has 2 N–H and O–H groups in total. The van der Waals surface area contributed by atoms with Gasteiger partial charge in [-0.15, -0.1) is 0 Å². The summed E-state index contributed by atoms with van der Waals surface area (Å²) in [4.78, 5) is 4.73. The van der Waals surface area contributed by atoms with Gasteiger partial charge in [-0.3, -0.25) is 0 Å². The standard InChI is InChI=1S/C20H14Br2N2S/c21-13-5-9-15(10-6-13)23-19-17-3-1-2-4-18(17)24-20(19)25-16-11-7-14(22)8-12-16/h1-12,23-24H. The van der Waals surface area contributed by atoms with E-state index >= 15 is 0 Å². The third-order valence-electron chi connectivity index (χ3n) is 3.82. The summed E-state index contributed by atoms with van der Waals surface area (Å²) >= 11 is 8.70. The number of halogens is 2. The SMILES string of the molecule is Brc1ccc(Nc2c(Sc3ccc(Br)cc3)[nH]c3ccccc23)cc1. The Balaban J connectivity index is 1.74. The van der Waals surface area contributed by atoms with E-state index in [9.17, 15) is 0 Å². The predicted molar refractivity (Wildman–Crippen MR) is 114 cm³/mol. The number of nitrogens with one attached hydrogen (secondary N) is 2. The first kappa shape index (κ1) is 16.8. The number of fused-ring (bicyclic) bond motifs is 1. The van der Waals surface area contributed by atoms with Gasteiger partial charge in [0.25, 0.3) is 0 Å². The summed E-state index contributed by atoms with van der Waals surface area (Å²) in [5.74, 6) is 0. The molecule has 0 amide bonds. The van der Waals surface area contributed by atoms with E-state index in [4.69, 9.17) is 0 Å². The Morgan fingerprint density at radius 3 is 2.12 bits per heavy atom. The first-order chi connectivity index (χ1) is 12.2.